The number of carbonyl (C=O) groups excluding carboxylic acids is 1. The first-order chi connectivity index (χ1) is 13.6. The van der Waals surface area contributed by atoms with Gasteiger partial charge in [-0.25, -0.2) is 12.8 Å². The Kier molecular flexibility index (Phi) is 7.10. The molecule has 0 fully saturated rings. The molecule has 9 nitrogen and oxygen atoms in total. The number of non-ortho nitro benzene ring substituents is 1. The molecule has 156 valence electrons. The van der Waals surface area contributed by atoms with Gasteiger partial charge >= 0.3 is 0 Å². The van der Waals surface area contributed by atoms with Gasteiger partial charge in [0.05, 0.1) is 18.3 Å². The molecule has 0 aromatic heterocycles. The van der Waals surface area contributed by atoms with Crippen LogP contribution in [0.1, 0.15) is 5.56 Å². The first-order valence-electron chi connectivity index (χ1n) is 8.43. The molecular formula is C18H20FN3O6S. The maximum absolute atomic E-state index is 12.9. The fourth-order valence-corrected chi connectivity index (χ4v) is 3.40. The van der Waals surface area contributed by atoms with Crippen LogP contribution in [-0.2, 0) is 21.2 Å². The number of hydrogen-bond donors (Lipinski definition) is 1. The van der Waals surface area contributed by atoms with Gasteiger partial charge in [-0.15, -0.1) is 0 Å². The molecule has 0 aliphatic heterocycles. The van der Waals surface area contributed by atoms with E-state index in [4.69, 9.17) is 4.74 Å². The van der Waals surface area contributed by atoms with E-state index < -0.39 is 27.4 Å². The zero-order chi connectivity index (χ0) is 21.6. The Hall–Kier alpha value is -3.21. The minimum absolute atomic E-state index is 0.0696. The zero-order valence-electron chi connectivity index (χ0n) is 15.8. The van der Waals surface area contributed by atoms with Crippen molar-refractivity contribution in [1.82, 2.24) is 5.32 Å². The third-order valence-corrected chi connectivity index (χ3v) is 5.11. The number of ether oxygens (including phenoxy) is 1. The van der Waals surface area contributed by atoms with Gasteiger partial charge in [-0.05, 0) is 30.2 Å². The third kappa shape index (κ3) is 6.14. The molecule has 0 aliphatic carbocycles. The van der Waals surface area contributed by atoms with Crippen LogP contribution in [0.15, 0.2) is 42.5 Å². The minimum atomic E-state index is -3.94. The van der Waals surface area contributed by atoms with Crippen LogP contribution >= 0.6 is 0 Å². The van der Waals surface area contributed by atoms with E-state index >= 15 is 0 Å². The lowest BCUT2D eigenvalue weighted by molar-refractivity contribution is -0.384. The van der Waals surface area contributed by atoms with E-state index in [1.807, 2.05) is 0 Å². The highest BCUT2D eigenvalue weighted by Gasteiger charge is 2.26. The number of carbonyl (C=O) groups is 1. The van der Waals surface area contributed by atoms with Crippen molar-refractivity contribution in [3.05, 3.63) is 64.0 Å². The van der Waals surface area contributed by atoms with Crippen LogP contribution in [0, 0.1) is 15.9 Å². The van der Waals surface area contributed by atoms with Crippen molar-refractivity contribution in [2.45, 2.75) is 6.42 Å². The number of rotatable bonds is 9. The van der Waals surface area contributed by atoms with Crippen LogP contribution in [0.5, 0.6) is 5.75 Å². The number of methoxy groups -OCH3 is 1. The van der Waals surface area contributed by atoms with E-state index in [1.165, 1.54) is 31.4 Å². The van der Waals surface area contributed by atoms with Crippen LogP contribution in [0.3, 0.4) is 0 Å². The van der Waals surface area contributed by atoms with Crippen LogP contribution in [0.2, 0.25) is 0 Å². The van der Waals surface area contributed by atoms with Crippen molar-refractivity contribution in [2.75, 3.05) is 30.8 Å². The summed E-state index contributed by atoms with van der Waals surface area (Å²) in [4.78, 5) is 22.6. The molecule has 0 atom stereocenters. The summed E-state index contributed by atoms with van der Waals surface area (Å²) >= 11 is 0. The second-order valence-electron chi connectivity index (χ2n) is 6.11. The Morgan fingerprint density at radius 2 is 1.90 bits per heavy atom. The highest BCUT2D eigenvalue weighted by Crippen LogP contribution is 2.33. The number of nitrogens with zero attached hydrogens (tertiary/aromatic N) is 2. The molecule has 0 aliphatic rings. The molecule has 0 unspecified atom stereocenters. The Balaban J connectivity index is 2.15. The number of amides is 1. The number of hydrogen-bond acceptors (Lipinski definition) is 6. The molecule has 29 heavy (non-hydrogen) atoms. The molecule has 0 heterocycles. The quantitative estimate of drug-likeness (QED) is 0.484. The lowest BCUT2D eigenvalue weighted by atomic mass is 10.1. The molecule has 0 saturated carbocycles. The summed E-state index contributed by atoms with van der Waals surface area (Å²) in [5.41, 5.74) is 0.344. The molecule has 0 bridgehead atoms. The second-order valence-corrected chi connectivity index (χ2v) is 8.02. The normalized spacial score (nSPS) is 11.0. The summed E-state index contributed by atoms with van der Waals surface area (Å²) in [5.74, 6) is -0.904. The second kappa shape index (κ2) is 9.32. The lowest BCUT2D eigenvalue weighted by Crippen LogP contribution is -2.41. The van der Waals surface area contributed by atoms with Crippen LogP contribution in [0.4, 0.5) is 15.8 Å². The van der Waals surface area contributed by atoms with E-state index in [9.17, 15) is 27.7 Å². The standard InChI is InChI=1S/C18H20FN3O6S/c1-28-17-8-7-15(22(24)25)11-16(17)21(29(2,26)27)12-18(23)20-10-9-13-3-5-14(19)6-4-13/h3-8,11H,9-10,12H2,1-2H3,(H,20,23). The Morgan fingerprint density at radius 1 is 1.24 bits per heavy atom. The zero-order valence-corrected chi connectivity index (χ0v) is 16.6. The van der Waals surface area contributed by atoms with Crippen molar-refractivity contribution in [2.24, 2.45) is 0 Å². The van der Waals surface area contributed by atoms with E-state index in [-0.39, 0.29) is 29.5 Å². The molecular weight excluding hydrogens is 405 g/mol. The fraction of sp³-hybridized carbons (Fsp3) is 0.278. The Bertz CT molecular complexity index is 995. The summed E-state index contributed by atoms with van der Waals surface area (Å²) < 4.78 is 43.2. The van der Waals surface area contributed by atoms with Gasteiger partial charge in [0.15, 0.2) is 0 Å². The van der Waals surface area contributed by atoms with E-state index in [0.717, 1.165) is 22.2 Å². The number of nitro groups is 1. The summed E-state index contributed by atoms with van der Waals surface area (Å²) in [5, 5.41) is 13.6. The van der Waals surface area contributed by atoms with E-state index in [0.29, 0.717) is 6.42 Å². The Morgan fingerprint density at radius 3 is 2.45 bits per heavy atom. The summed E-state index contributed by atoms with van der Waals surface area (Å²) in [6.07, 6.45) is 1.31. The molecule has 1 amide bonds. The highest BCUT2D eigenvalue weighted by molar-refractivity contribution is 7.92. The van der Waals surface area contributed by atoms with Crippen molar-refractivity contribution >= 4 is 27.3 Å². The lowest BCUT2D eigenvalue weighted by Gasteiger charge is -2.23. The van der Waals surface area contributed by atoms with Crippen LogP contribution in [-0.4, -0.2) is 45.7 Å². The highest BCUT2D eigenvalue weighted by atomic mass is 32.2. The summed E-state index contributed by atoms with van der Waals surface area (Å²) in [6, 6.07) is 9.24. The van der Waals surface area contributed by atoms with Gasteiger partial charge in [-0.2, -0.15) is 0 Å². The molecule has 2 rings (SSSR count). The van der Waals surface area contributed by atoms with Crippen LogP contribution in [0.25, 0.3) is 0 Å². The smallest absolute Gasteiger partial charge is 0.271 e. The fourth-order valence-electron chi connectivity index (χ4n) is 2.55. The maximum atomic E-state index is 12.9. The number of nitrogens with one attached hydrogen (secondary N) is 1. The first kappa shape index (κ1) is 22.1. The number of sulfonamides is 1. The minimum Gasteiger partial charge on any atom is -0.495 e. The van der Waals surface area contributed by atoms with Gasteiger partial charge in [0.2, 0.25) is 15.9 Å². The number of halogens is 1. The average molecular weight is 425 g/mol. The predicted octanol–water partition coefficient (Wildman–Crippen LogP) is 1.87. The molecule has 11 heteroatoms. The maximum Gasteiger partial charge on any atom is 0.271 e. The molecule has 0 radical (unpaired) electrons. The number of anilines is 1. The van der Waals surface area contributed by atoms with Gasteiger partial charge in [0.25, 0.3) is 5.69 Å². The number of benzene rings is 2. The topological polar surface area (TPSA) is 119 Å². The molecule has 0 spiro atoms. The predicted molar refractivity (Wildman–Crippen MR) is 105 cm³/mol. The van der Waals surface area contributed by atoms with Gasteiger partial charge in [0.1, 0.15) is 23.8 Å². The number of nitro benzene ring substituents is 1. The van der Waals surface area contributed by atoms with Crippen molar-refractivity contribution in [1.29, 1.82) is 0 Å². The van der Waals surface area contributed by atoms with E-state index in [1.54, 1.807) is 12.1 Å². The van der Waals surface area contributed by atoms with Gasteiger partial charge < -0.3 is 10.1 Å². The Labute approximate surface area is 167 Å². The average Bonchev–Trinajstić information content (AvgIpc) is 2.66. The largest absolute Gasteiger partial charge is 0.495 e. The summed E-state index contributed by atoms with van der Waals surface area (Å²) in [7, 11) is -2.66. The van der Waals surface area contributed by atoms with Gasteiger partial charge in [-0.1, -0.05) is 12.1 Å². The van der Waals surface area contributed by atoms with E-state index in [2.05, 4.69) is 5.32 Å². The van der Waals surface area contributed by atoms with Crippen molar-refractivity contribution < 1.29 is 27.3 Å². The molecule has 2 aromatic carbocycles. The van der Waals surface area contributed by atoms with Crippen LogP contribution < -0.4 is 14.4 Å². The molecule has 0 saturated heterocycles. The monoisotopic (exact) mass is 425 g/mol. The summed E-state index contributed by atoms with van der Waals surface area (Å²) in [6.45, 7) is -0.381. The van der Waals surface area contributed by atoms with Gasteiger partial charge in [-0.3, -0.25) is 19.2 Å². The van der Waals surface area contributed by atoms with Gasteiger partial charge in [0, 0.05) is 18.7 Å². The molecule has 2 aromatic rings. The third-order valence-electron chi connectivity index (χ3n) is 3.98. The van der Waals surface area contributed by atoms with Crippen molar-refractivity contribution in [3.63, 3.8) is 0 Å². The SMILES string of the molecule is COc1ccc([N+](=O)[O-])cc1N(CC(=O)NCCc1ccc(F)cc1)S(C)(=O)=O. The molecule has 1 N–H and O–H groups in total. The van der Waals surface area contributed by atoms with Crippen molar-refractivity contribution in [3.8, 4) is 5.75 Å². The first-order valence-corrected chi connectivity index (χ1v) is 10.3.